The van der Waals surface area contributed by atoms with Crippen molar-refractivity contribution in [1.29, 1.82) is 0 Å². The number of aromatic nitrogens is 3. The fraction of sp³-hybridized carbons (Fsp3) is 0.350. The zero-order valence-corrected chi connectivity index (χ0v) is 18.8. The second-order valence-electron chi connectivity index (χ2n) is 6.32. The molecule has 0 saturated heterocycles. The van der Waals surface area contributed by atoms with Gasteiger partial charge in [-0.2, -0.15) is 0 Å². The smallest absolute Gasteiger partial charge is 0.191 e. The number of methoxy groups -OCH3 is 1. The third-order valence-corrected chi connectivity index (χ3v) is 4.37. The van der Waals surface area contributed by atoms with Crippen molar-refractivity contribution >= 4 is 35.6 Å². The van der Waals surface area contributed by atoms with E-state index in [2.05, 4.69) is 44.9 Å². The maximum Gasteiger partial charge on any atom is 0.191 e. The van der Waals surface area contributed by atoms with Crippen molar-refractivity contribution < 1.29 is 4.74 Å². The number of fused-ring (bicyclic) bond motifs is 1. The summed E-state index contributed by atoms with van der Waals surface area (Å²) in [5, 5.41) is 15.1. The van der Waals surface area contributed by atoms with Gasteiger partial charge in [0.2, 0.25) is 0 Å². The molecular formula is C20H27IN6O. The minimum absolute atomic E-state index is 0. The molecule has 0 bridgehead atoms. The first-order valence-electron chi connectivity index (χ1n) is 9.08. The Labute approximate surface area is 182 Å². The molecule has 2 aromatic heterocycles. The van der Waals surface area contributed by atoms with E-state index in [1.807, 2.05) is 34.9 Å². The van der Waals surface area contributed by atoms with Gasteiger partial charge in [-0.1, -0.05) is 18.2 Å². The highest BCUT2D eigenvalue weighted by Crippen LogP contribution is 2.19. The zero-order chi connectivity index (χ0) is 19.1. The molecule has 0 aliphatic carbocycles. The van der Waals surface area contributed by atoms with Crippen LogP contribution in [0.5, 0.6) is 5.75 Å². The highest BCUT2D eigenvalue weighted by atomic mass is 127. The van der Waals surface area contributed by atoms with E-state index in [0.29, 0.717) is 6.54 Å². The molecule has 7 nitrogen and oxygen atoms in total. The summed E-state index contributed by atoms with van der Waals surface area (Å²) >= 11 is 0. The van der Waals surface area contributed by atoms with Crippen molar-refractivity contribution in [3.63, 3.8) is 0 Å². The van der Waals surface area contributed by atoms with Crippen molar-refractivity contribution in [2.75, 3.05) is 20.7 Å². The van der Waals surface area contributed by atoms with Crippen LogP contribution in [-0.2, 0) is 13.0 Å². The van der Waals surface area contributed by atoms with Crippen molar-refractivity contribution in [1.82, 2.24) is 25.2 Å². The molecule has 2 N–H and O–H groups in total. The predicted octanol–water partition coefficient (Wildman–Crippen LogP) is 2.96. The Morgan fingerprint density at radius 1 is 1.18 bits per heavy atom. The molecule has 28 heavy (non-hydrogen) atoms. The molecule has 0 aliphatic rings. The van der Waals surface area contributed by atoms with E-state index in [0.717, 1.165) is 48.1 Å². The van der Waals surface area contributed by atoms with E-state index < -0.39 is 0 Å². The molecule has 3 aromatic rings. The van der Waals surface area contributed by atoms with E-state index in [4.69, 9.17) is 4.74 Å². The number of pyridine rings is 1. The van der Waals surface area contributed by atoms with E-state index >= 15 is 0 Å². The molecule has 0 atom stereocenters. The average molecular weight is 494 g/mol. The lowest BCUT2D eigenvalue weighted by Gasteiger charge is -2.14. The van der Waals surface area contributed by atoms with Gasteiger partial charge in [0.25, 0.3) is 0 Å². The average Bonchev–Trinajstić information content (AvgIpc) is 3.11. The normalized spacial score (nSPS) is 11.2. The van der Waals surface area contributed by atoms with Gasteiger partial charge in [-0.15, -0.1) is 34.2 Å². The number of nitrogens with zero attached hydrogens (tertiary/aromatic N) is 4. The largest absolute Gasteiger partial charge is 0.496 e. The van der Waals surface area contributed by atoms with E-state index in [1.165, 1.54) is 5.56 Å². The lowest BCUT2D eigenvalue weighted by Crippen LogP contribution is -2.37. The van der Waals surface area contributed by atoms with Crippen LogP contribution in [0.25, 0.3) is 5.65 Å². The first kappa shape index (κ1) is 21.9. The lowest BCUT2D eigenvalue weighted by molar-refractivity contribution is 0.408. The molecular weight excluding hydrogens is 467 g/mol. The Bertz CT molecular complexity index is 924. The second kappa shape index (κ2) is 10.8. The Kier molecular flexibility index (Phi) is 8.49. The number of hydrogen-bond donors (Lipinski definition) is 2. The van der Waals surface area contributed by atoms with Crippen LogP contribution in [-0.4, -0.2) is 41.3 Å². The number of ether oxygens (including phenoxy) is 1. The maximum absolute atomic E-state index is 5.45. The summed E-state index contributed by atoms with van der Waals surface area (Å²) < 4.78 is 7.48. The Balaban J connectivity index is 0.00000280. The van der Waals surface area contributed by atoms with E-state index in [9.17, 15) is 0 Å². The van der Waals surface area contributed by atoms with Crippen LogP contribution >= 0.6 is 24.0 Å². The summed E-state index contributed by atoms with van der Waals surface area (Å²) in [5.41, 5.74) is 3.16. The summed E-state index contributed by atoms with van der Waals surface area (Å²) in [7, 11) is 3.47. The minimum Gasteiger partial charge on any atom is -0.496 e. The molecule has 2 heterocycles. The van der Waals surface area contributed by atoms with Gasteiger partial charge in [-0.05, 0) is 37.1 Å². The van der Waals surface area contributed by atoms with Crippen LogP contribution in [0, 0.1) is 6.92 Å². The summed E-state index contributed by atoms with van der Waals surface area (Å²) in [4.78, 5) is 4.28. The molecule has 0 fully saturated rings. The Morgan fingerprint density at radius 2 is 2.04 bits per heavy atom. The van der Waals surface area contributed by atoms with Crippen molar-refractivity contribution in [3.8, 4) is 5.75 Å². The van der Waals surface area contributed by atoms with Crippen LogP contribution in [0.2, 0.25) is 0 Å². The van der Waals surface area contributed by atoms with Gasteiger partial charge in [0, 0.05) is 38.3 Å². The fourth-order valence-electron chi connectivity index (χ4n) is 2.91. The van der Waals surface area contributed by atoms with Crippen molar-refractivity contribution in [2.24, 2.45) is 4.99 Å². The predicted molar refractivity (Wildman–Crippen MR) is 123 cm³/mol. The quantitative estimate of drug-likeness (QED) is 0.229. The fourth-order valence-corrected chi connectivity index (χ4v) is 2.91. The van der Waals surface area contributed by atoms with Gasteiger partial charge >= 0.3 is 0 Å². The molecule has 1 aromatic carbocycles. The summed E-state index contributed by atoms with van der Waals surface area (Å²) in [6, 6.07) is 12.1. The summed E-state index contributed by atoms with van der Waals surface area (Å²) in [6.45, 7) is 3.50. The van der Waals surface area contributed by atoms with Crippen LogP contribution in [0.15, 0.2) is 47.6 Å². The monoisotopic (exact) mass is 494 g/mol. The maximum atomic E-state index is 5.45. The molecule has 0 amide bonds. The molecule has 150 valence electrons. The highest BCUT2D eigenvalue weighted by molar-refractivity contribution is 14.0. The van der Waals surface area contributed by atoms with Gasteiger partial charge in [0.15, 0.2) is 11.6 Å². The number of aryl methyl sites for hydroxylation is 2. The number of aliphatic imine (C=N–C) groups is 1. The van der Waals surface area contributed by atoms with Crippen LogP contribution < -0.4 is 15.4 Å². The Hall–Kier alpha value is -2.36. The molecule has 0 saturated carbocycles. The van der Waals surface area contributed by atoms with E-state index in [1.54, 1.807) is 14.2 Å². The second-order valence-corrected chi connectivity index (χ2v) is 6.32. The van der Waals surface area contributed by atoms with Crippen LogP contribution in [0.1, 0.15) is 23.4 Å². The molecule has 3 rings (SSSR count). The van der Waals surface area contributed by atoms with Gasteiger partial charge in [-0.3, -0.25) is 9.39 Å². The third-order valence-electron chi connectivity index (χ3n) is 4.37. The molecule has 0 spiro atoms. The Morgan fingerprint density at radius 3 is 2.82 bits per heavy atom. The lowest BCUT2D eigenvalue weighted by atomic mass is 10.1. The summed E-state index contributed by atoms with van der Waals surface area (Å²) in [6.07, 6.45) is 3.78. The number of hydrogen-bond acceptors (Lipinski definition) is 4. The SMILES string of the molecule is CN=C(NCCCc1nnc2ccccn12)NCc1ccc(C)cc1OC.I. The first-order chi connectivity index (χ1) is 13.2. The molecule has 0 radical (unpaired) electrons. The van der Waals surface area contributed by atoms with Gasteiger partial charge in [-0.25, -0.2) is 0 Å². The number of guanidine groups is 1. The number of rotatable bonds is 7. The topological polar surface area (TPSA) is 75.8 Å². The third kappa shape index (κ3) is 5.57. The van der Waals surface area contributed by atoms with Crippen molar-refractivity contribution in [3.05, 3.63) is 59.5 Å². The summed E-state index contributed by atoms with van der Waals surface area (Å²) in [5.74, 6) is 2.63. The van der Waals surface area contributed by atoms with Crippen LogP contribution in [0.3, 0.4) is 0 Å². The zero-order valence-electron chi connectivity index (χ0n) is 16.5. The van der Waals surface area contributed by atoms with Crippen LogP contribution in [0.4, 0.5) is 0 Å². The molecule has 0 unspecified atom stereocenters. The van der Waals surface area contributed by atoms with Gasteiger partial charge in [0.1, 0.15) is 11.6 Å². The number of nitrogens with one attached hydrogen (secondary N) is 2. The highest BCUT2D eigenvalue weighted by Gasteiger charge is 2.06. The minimum atomic E-state index is 0. The first-order valence-corrected chi connectivity index (χ1v) is 9.08. The number of benzene rings is 1. The van der Waals surface area contributed by atoms with Gasteiger partial charge < -0.3 is 15.4 Å². The van der Waals surface area contributed by atoms with E-state index in [-0.39, 0.29) is 24.0 Å². The van der Waals surface area contributed by atoms with Gasteiger partial charge in [0.05, 0.1) is 7.11 Å². The number of halogens is 1. The van der Waals surface area contributed by atoms with Crippen molar-refractivity contribution in [2.45, 2.75) is 26.3 Å². The molecule has 8 heteroatoms. The standard InChI is InChI=1S/C20H26N6O.HI/c1-15-9-10-16(17(13-15)27-3)14-23-20(21-2)22-11-6-8-19-25-24-18-7-4-5-12-26(18)19;/h4-5,7,9-10,12-13H,6,8,11,14H2,1-3H3,(H2,21,22,23);1H. The molecule has 0 aliphatic heterocycles.